The van der Waals surface area contributed by atoms with E-state index in [1.54, 1.807) is 10.6 Å². The zero-order chi connectivity index (χ0) is 23.9. The van der Waals surface area contributed by atoms with Gasteiger partial charge in [0.15, 0.2) is 5.16 Å². The van der Waals surface area contributed by atoms with Crippen molar-refractivity contribution in [3.8, 4) is 0 Å². The molecule has 1 fully saturated rings. The van der Waals surface area contributed by atoms with Crippen molar-refractivity contribution in [1.29, 1.82) is 0 Å². The third-order valence-electron chi connectivity index (χ3n) is 5.72. The van der Waals surface area contributed by atoms with Crippen molar-refractivity contribution in [1.82, 2.24) is 19.8 Å². The fourth-order valence-electron chi connectivity index (χ4n) is 4.16. The first-order chi connectivity index (χ1) is 16.5. The topological polar surface area (TPSA) is 76.5 Å². The highest BCUT2D eigenvalue weighted by Crippen LogP contribution is 2.19. The molecule has 0 saturated carbocycles. The minimum absolute atomic E-state index is 0.00324. The van der Waals surface area contributed by atoms with E-state index < -0.39 is 0 Å². The van der Waals surface area contributed by atoms with Gasteiger partial charge in [0.1, 0.15) is 0 Å². The second-order valence-electron chi connectivity index (χ2n) is 9.03. The lowest BCUT2D eigenvalue weighted by molar-refractivity contribution is -0.119. The molecule has 0 spiro atoms. The number of hydrogen-bond donors (Lipinski definition) is 1. The molecule has 2 aromatic carbocycles. The lowest BCUT2D eigenvalue weighted by Crippen LogP contribution is -2.48. The summed E-state index contributed by atoms with van der Waals surface area (Å²) in [6, 6.07) is 17.1. The summed E-state index contributed by atoms with van der Waals surface area (Å²) in [6.07, 6.45) is -0.00324. The van der Waals surface area contributed by atoms with E-state index in [1.165, 1.54) is 11.8 Å². The third kappa shape index (κ3) is 6.46. The molecule has 8 heteroatoms. The van der Waals surface area contributed by atoms with Crippen molar-refractivity contribution in [2.45, 2.75) is 31.7 Å². The molecule has 0 bridgehead atoms. The molecule has 1 atom stereocenters. The Bertz CT molecular complexity index is 1170. The van der Waals surface area contributed by atoms with E-state index in [0.717, 1.165) is 25.2 Å². The van der Waals surface area contributed by atoms with Gasteiger partial charge in [-0.05, 0) is 23.6 Å². The van der Waals surface area contributed by atoms with E-state index in [0.29, 0.717) is 41.7 Å². The van der Waals surface area contributed by atoms with Gasteiger partial charge in [0.2, 0.25) is 5.91 Å². The summed E-state index contributed by atoms with van der Waals surface area (Å²) in [5.41, 5.74) is 1.55. The van der Waals surface area contributed by atoms with Crippen LogP contribution in [-0.2, 0) is 16.1 Å². The molecule has 2 heterocycles. The van der Waals surface area contributed by atoms with E-state index in [9.17, 15) is 9.59 Å². The van der Waals surface area contributed by atoms with Crippen LogP contribution in [0.1, 0.15) is 19.4 Å². The molecule has 34 heavy (non-hydrogen) atoms. The van der Waals surface area contributed by atoms with Crippen LogP contribution in [0.15, 0.2) is 64.5 Å². The number of para-hydroxylation sites is 1. The molecule has 0 aliphatic carbocycles. The number of benzene rings is 2. The van der Waals surface area contributed by atoms with Crippen LogP contribution in [0.2, 0.25) is 0 Å². The number of ether oxygens (including phenoxy) is 1. The summed E-state index contributed by atoms with van der Waals surface area (Å²) in [6.45, 7) is 8.80. The number of fused-ring (bicyclic) bond motifs is 1. The van der Waals surface area contributed by atoms with Gasteiger partial charge in [-0.2, -0.15) is 0 Å². The van der Waals surface area contributed by atoms with Crippen LogP contribution >= 0.6 is 11.8 Å². The summed E-state index contributed by atoms with van der Waals surface area (Å²) in [4.78, 5) is 32.9. The molecule has 7 nitrogen and oxygen atoms in total. The Kier molecular flexibility index (Phi) is 8.37. The van der Waals surface area contributed by atoms with Crippen LogP contribution in [0.4, 0.5) is 0 Å². The van der Waals surface area contributed by atoms with Gasteiger partial charge in [-0.3, -0.25) is 19.1 Å². The Hall–Kier alpha value is -2.68. The molecule has 4 rings (SSSR count). The van der Waals surface area contributed by atoms with Crippen molar-refractivity contribution in [2.24, 2.45) is 5.92 Å². The summed E-state index contributed by atoms with van der Waals surface area (Å²) in [5.74, 6) is 0.693. The van der Waals surface area contributed by atoms with Gasteiger partial charge in [-0.1, -0.05) is 68.1 Å². The third-order valence-corrected chi connectivity index (χ3v) is 6.69. The first kappa shape index (κ1) is 24.4. The first-order valence-corrected chi connectivity index (χ1v) is 12.7. The van der Waals surface area contributed by atoms with Crippen molar-refractivity contribution in [3.05, 3.63) is 70.5 Å². The van der Waals surface area contributed by atoms with Crippen LogP contribution in [0.3, 0.4) is 0 Å². The zero-order valence-corrected chi connectivity index (χ0v) is 20.6. The summed E-state index contributed by atoms with van der Waals surface area (Å²) < 4.78 is 7.49. The Morgan fingerprint density at radius 3 is 2.74 bits per heavy atom. The molecule has 1 amide bonds. The van der Waals surface area contributed by atoms with Gasteiger partial charge in [0.05, 0.1) is 35.9 Å². The maximum atomic E-state index is 13.2. The van der Waals surface area contributed by atoms with Crippen molar-refractivity contribution < 1.29 is 9.53 Å². The van der Waals surface area contributed by atoms with E-state index in [4.69, 9.17) is 9.72 Å². The van der Waals surface area contributed by atoms with E-state index >= 15 is 0 Å². The quantitative estimate of drug-likeness (QED) is 0.375. The number of rotatable bonds is 9. The van der Waals surface area contributed by atoms with Gasteiger partial charge in [0.25, 0.3) is 5.56 Å². The molecule has 1 aromatic heterocycles. The molecule has 1 aliphatic heterocycles. The number of aromatic nitrogens is 2. The van der Waals surface area contributed by atoms with E-state index in [2.05, 4.69) is 24.1 Å². The van der Waals surface area contributed by atoms with Gasteiger partial charge >= 0.3 is 0 Å². The predicted octanol–water partition coefficient (Wildman–Crippen LogP) is 3.01. The molecule has 1 aliphatic rings. The number of morpholine rings is 1. The number of carbonyl (C=O) groups is 1. The normalized spacial score (nSPS) is 16.7. The molecule has 1 saturated heterocycles. The second kappa shape index (κ2) is 11.6. The lowest BCUT2D eigenvalue weighted by Gasteiger charge is -2.33. The highest BCUT2D eigenvalue weighted by atomic mass is 32.2. The molecule has 1 N–H and O–H groups in total. The van der Waals surface area contributed by atoms with Crippen molar-refractivity contribution in [2.75, 3.05) is 38.5 Å². The van der Waals surface area contributed by atoms with Crippen LogP contribution in [-0.4, -0.2) is 65.0 Å². The molecule has 3 aromatic rings. The SMILES string of the molecule is CC(C)CN1CCOC(CNC(=O)CSc2nc3ccccc3c(=O)n2Cc2ccccc2)C1. The van der Waals surface area contributed by atoms with Gasteiger partial charge in [-0.25, -0.2) is 4.98 Å². The number of nitrogens with one attached hydrogen (secondary N) is 1. The number of hydrogen-bond acceptors (Lipinski definition) is 6. The van der Waals surface area contributed by atoms with Crippen LogP contribution in [0.25, 0.3) is 10.9 Å². The van der Waals surface area contributed by atoms with Crippen LogP contribution in [0, 0.1) is 5.92 Å². The van der Waals surface area contributed by atoms with Crippen molar-refractivity contribution in [3.63, 3.8) is 0 Å². The standard InChI is InChI=1S/C26H32N4O3S/c1-19(2)15-29-12-13-33-21(17-29)14-27-24(31)18-34-26-28-23-11-7-6-10-22(23)25(32)30(26)16-20-8-4-3-5-9-20/h3-11,19,21H,12-18H2,1-2H3,(H,27,31). The Morgan fingerprint density at radius 2 is 1.94 bits per heavy atom. The fraction of sp³-hybridized carbons (Fsp3) is 0.423. The smallest absolute Gasteiger partial charge is 0.262 e. The summed E-state index contributed by atoms with van der Waals surface area (Å²) in [7, 11) is 0. The molecule has 0 radical (unpaired) electrons. The molecular weight excluding hydrogens is 448 g/mol. The lowest BCUT2D eigenvalue weighted by atomic mass is 10.2. The van der Waals surface area contributed by atoms with Gasteiger partial charge in [0, 0.05) is 26.2 Å². The first-order valence-electron chi connectivity index (χ1n) is 11.8. The monoisotopic (exact) mass is 480 g/mol. The van der Waals surface area contributed by atoms with Gasteiger partial charge < -0.3 is 10.1 Å². The summed E-state index contributed by atoms with van der Waals surface area (Å²) in [5, 5.41) is 4.11. The maximum Gasteiger partial charge on any atom is 0.262 e. The largest absolute Gasteiger partial charge is 0.374 e. The van der Waals surface area contributed by atoms with E-state index in [1.807, 2.05) is 48.5 Å². The Morgan fingerprint density at radius 1 is 1.18 bits per heavy atom. The minimum atomic E-state index is -0.0989. The molecule has 180 valence electrons. The van der Waals surface area contributed by atoms with Crippen molar-refractivity contribution >= 4 is 28.6 Å². The molecule has 1 unspecified atom stereocenters. The second-order valence-corrected chi connectivity index (χ2v) is 9.97. The highest BCUT2D eigenvalue weighted by molar-refractivity contribution is 7.99. The average Bonchev–Trinajstić information content (AvgIpc) is 2.84. The number of nitrogens with zero attached hydrogens (tertiary/aromatic N) is 3. The highest BCUT2D eigenvalue weighted by Gasteiger charge is 2.21. The van der Waals surface area contributed by atoms with Crippen LogP contribution < -0.4 is 10.9 Å². The predicted molar refractivity (Wildman–Crippen MR) is 136 cm³/mol. The molecular formula is C26H32N4O3S. The Labute approximate surface area is 204 Å². The zero-order valence-electron chi connectivity index (χ0n) is 19.8. The number of amides is 1. The number of carbonyl (C=O) groups excluding carboxylic acids is 1. The van der Waals surface area contributed by atoms with Crippen LogP contribution in [0.5, 0.6) is 0 Å². The number of thioether (sulfide) groups is 1. The fourth-order valence-corrected chi connectivity index (χ4v) is 4.99. The minimum Gasteiger partial charge on any atom is -0.374 e. The maximum absolute atomic E-state index is 13.2. The average molecular weight is 481 g/mol. The van der Waals surface area contributed by atoms with E-state index in [-0.39, 0.29) is 23.3 Å². The van der Waals surface area contributed by atoms with Gasteiger partial charge in [-0.15, -0.1) is 0 Å². The summed E-state index contributed by atoms with van der Waals surface area (Å²) >= 11 is 1.29. The Balaban J connectivity index is 1.41.